The van der Waals surface area contributed by atoms with Crippen molar-refractivity contribution in [3.05, 3.63) is 53.9 Å². The van der Waals surface area contributed by atoms with Gasteiger partial charge in [0.15, 0.2) is 0 Å². The molecule has 0 bridgehead atoms. The van der Waals surface area contributed by atoms with Crippen LogP contribution in [-0.4, -0.2) is 4.87 Å². The minimum Gasteiger partial charge on any atom is -0.206 e. The molecule has 1 atom stereocenters. The molecule has 0 aliphatic heterocycles. The molecular formula is C32H46ClF. The molecule has 1 aromatic rings. The largest absolute Gasteiger partial charge is 0.206 e. The first-order chi connectivity index (χ1) is 16.6. The summed E-state index contributed by atoms with van der Waals surface area (Å²) in [5, 5.41) is 0. The summed E-state index contributed by atoms with van der Waals surface area (Å²) in [6.07, 6.45) is 28.4. The summed E-state index contributed by atoms with van der Waals surface area (Å²) >= 11 is 7.14. The molecule has 1 aromatic carbocycles. The summed E-state index contributed by atoms with van der Waals surface area (Å²) in [5.74, 6) is 3.32. The summed E-state index contributed by atoms with van der Waals surface area (Å²) in [5.41, 5.74) is 1.66. The van der Waals surface area contributed by atoms with Crippen LogP contribution >= 0.6 is 11.6 Å². The molecule has 0 nitrogen and oxygen atoms in total. The van der Waals surface area contributed by atoms with Crippen molar-refractivity contribution in [1.29, 1.82) is 0 Å². The quantitative estimate of drug-likeness (QED) is 0.229. The number of unbranched alkanes of at least 4 members (excludes halogenated alkanes) is 3. The highest BCUT2D eigenvalue weighted by Gasteiger charge is 2.37. The van der Waals surface area contributed by atoms with Crippen LogP contribution in [-0.2, 0) is 0 Å². The van der Waals surface area contributed by atoms with Crippen molar-refractivity contribution in [3.8, 4) is 0 Å². The van der Waals surface area contributed by atoms with Crippen molar-refractivity contribution < 1.29 is 4.39 Å². The van der Waals surface area contributed by atoms with Crippen molar-refractivity contribution in [2.75, 3.05) is 0 Å². The molecule has 4 rings (SSSR count). The van der Waals surface area contributed by atoms with E-state index in [0.717, 1.165) is 29.7 Å². The third-order valence-electron chi connectivity index (χ3n) is 9.30. The molecule has 0 spiro atoms. The highest BCUT2D eigenvalue weighted by molar-refractivity contribution is 6.26. The van der Waals surface area contributed by atoms with Gasteiger partial charge >= 0.3 is 0 Å². The molecule has 2 fully saturated rings. The average Bonchev–Trinajstić information content (AvgIpc) is 2.87. The Morgan fingerprint density at radius 3 is 2.03 bits per heavy atom. The van der Waals surface area contributed by atoms with Crippen LogP contribution in [0.5, 0.6) is 0 Å². The zero-order chi connectivity index (χ0) is 23.8. The molecule has 0 amide bonds. The fourth-order valence-corrected chi connectivity index (χ4v) is 7.26. The molecule has 2 heteroatoms. The van der Waals surface area contributed by atoms with Gasteiger partial charge in [0.1, 0.15) is 5.82 Å². The maximum atomic E-state index is 14.2. The second-order valence-corrected chi connectivity index (χ2v) is 12.3. The Kier molecular flexibility index (Phi) is 9.75. The fraction of sp³-hybridized carbons (Fsp3) is 0.688. The highest BCUT2D eigenvalue weighted by Crippen LogP contribution is 2.46. The summed E-state index contributed by atoms with van der Waals surface area (Å²) in [6, 6.07) is 7.04. The minimum atomic E-state index is -0.283. The van der Waals surface area contributed by atoms with Gasteiger partial charge in [0.2, 0.25) is 0 Å². The Morgan fingerprint density at radius 1 is 0.824 bits per heavy atom. The molecule has 0 aromatic heterocycles. The van der Waals surface area contributed by atoms with Gasteiger partial charge in [0.25, 0.3) is 0 Å². The second-order valence-electron chi connectivity index (χ2n) is 11.6. The molecule has 0 radical (unpaired) electrons. The lowest BCUT2D eigenvalue weighted by molar-refractivity contribution is 0.201. The zero-order valence-corrected chi connectivity index (χ0v) is 22.2. The number of rotatable bonds is 10. The van der Waals surface area contributed by atoms with Crippen LogP contribution < -0.4 is 0 Å². The standard InChI is InChI=1S/C32H46ClF/c1-2-3-4-5-8-25-11-13-26(14-12-25)15-16-27-17-19-29(20-18-27)32(33)23-21-28(22-24-32)30-9-6-7-10-31(30)34/h6-7,9-10,21-23,25-27,29H,2-5,8,11-20,24H2,1H3. The topological polar surface area (TPSA) is 0 Å². The van der Waals surface area contributed by atoms with Gasteiger partial charge in [-0.05, 0) is 54.6 Å². The van der Waals surface area contributed by atoms with E-state index in [1.165, 1.54) is 102 Å². The Balaban J connectivity index is 1.15. The third-order valence-corrected chi connectivity index (χ3v) is 9.89. The van der Waals surface area contributed by atoms with Gasteiger partial charge in [-0.1, -0.05) is 127 Å². The average molecular weight is 485 g/mol. The van der Waals surface area contributed by atoms with E-state index in [-0.39, 0.29) is 10.7 Å². The normalized spacial score (nSPS) is 31.9. The molecule has 0 saturated heterocycles. The van der Waals surface area contributed by atoms with Crippen LogP contribution in [0.3, 0.4) is 0 Å². The fourth-order valence-electron chi connectivity index (χ4n) is 6.90. The van der Waals surface area contributed by atoms with Crippen LogP contribution in [0.1, 0.15) is 115 Å². The lowest BCUT2D eigenvalue weighted by atomic mass is 9.70. The monoisotopic (exact) mass is 484 g/mol. The van der Waals surface area contributed by atoms with Crippen LogP contribution in [0.2, 0.25) is 0 Å². The first kappa shape index (κ1) is 26.0. The number of halogens is 2. The van der Waals surface area contributed by atoms with Crippen LogP contribution in [0.4, 0.5) is 4.39 Å². The summed E-state index contributed by atoms with van der Waals surface area (Å²) < 4.78 is 14.2. The summed E-state index contributed by atoms with van der Waals surface area (Å²) in [6.45, 7) is 2.31. The molecule has 2 saturated carbocycles. The highest BCUT2D eigenvalue weighted by atomic mass is 35.5. The van der Waals surface area contributed by atoms with Crippen molar-refractivity contribution in [1.82, 2.24) is 0 Å². The predicted octanol–water partition coefficient (Wildman–Crippen LogP) is 10.5. The Labute approximate surface area is 213 Å². The van der Waals surface area contributed by atoms with Gasteiger partial charge in [0, 0.05) is 5.56 Å². The van der Waals surface area contributed by atoms with Crippen LogP contribution in [0.15, 0.2) is 42.5 Å². The Hall–Kier alpha value is -1.08. The van der Waals surface area contributed by atoms with Gasteiger partial charge in [-0.2, -0.15) is 0 Å². The molecule has 0 N–H and O–H groups in total. The maximum Gasteiger partial charge on any atom is 0.131 e. The van der Waals surface area contributed by atoms with Gasteiger partial charge in [-0.3, -0.25) is 0 Å². The van der Waals surface area contributed by atoms with Crippen molar-refractivity contribution in [2.45, 2.75) is 115 Å². The zero-order valence-electron chi connectivity index (χ0n) is 21.4. The van der Waals surface area contributed by atoms with E-state index >= 15 is 0 Å². The summed E-state index contributed by atoms with van der Waals surface area (Å²) in [4.78, 5) is -0.283. The van der Waals surface area contributed by atoms with Gasteiger partial charge < -0.3 is 0 Å². The van der Waals surface area contributed by atoms with E-state index < -0.39 is 0 Å². The molecule has 0 heterocycles. The van der Waals surface area contributed by atoms with Gasteiger partial charge in [0.05, 0.1) is 4.87 Å². The summed E-state index contributed by atoms with van der Waals surface area (Å²) in [7, 11) is 0. The van der Waals surface area contributed by atoms with E-state index in [4.69, 9.17) is 11.6 Å². The molecule has 1 unspecified atom stereocenters. The second kappa shape index (κ2) is 12.8. The Morgan fingerprint density at radius 2 is 1.44 bits per heavy atom. The third kappa shape index (κ3) is 6.99. The number of alkyl halides is 1. The van der Waals surface area contributed by atoms with Crippen LogP contribution in [0.25, 0.3) is 5.57 Å². The molecule has 3 aliphatic carbocycles. The van der Waals surface area contributed by atoms with Crippen molar-refractivity contribution in [3.63, 3.8) is 0 Å². The minimum absolute atomic E-state index is 0.151. The van der Waals surface area contributed by atoms with Crippen molar-refractivity contribution >= 4 is 17.2 Å². The van der Waals surface area contributed by atoms with Crippen molar-refractivity contribution in [2.24, 2.45) is 23.7 Å². The van der Waals surface area contributed by atoms with E-state index in [2.05, 4.69) is 25.2 Å². The van der Waals surface area contributed by atoms with E-state index in [9.17, 15) is 4.39 Å². The predicted molar refractivity (Wildman–Crippen MR) is 146 cm³/mol. The molecule has 188 valence electrons. The molecule has 3 aliphatic rings. The molecule has 34 heavy (non-hydrogen) atoms. The Bertz CT molecular complexity index is 810. The number of benzene rings is 1. The van der Waals surface area contributed by atoms with Crippen LogP contribution in [0, 0.1) is 29.5 Å². The van der Waals surface area contributed by atoms with Gasteiger partial charge in [-0.25, -0.2) is 4.39 Å². The van der Waals surface area contributed by atoms with Gasteiger partial charge in [-0.15, -0.1) is 11.6 Å². The smallest absolute Gasteiger partial charge is 0.131 e. The number of hydrogen-bond donors (Lipinski definition) is 0. The van der Waals surface area contributed by atoms with E-state index in [1.807, 2.05) is 12.1 Å². The SMILES string of the molecule is CCCCCCC1CCC(CCC2CCC(C3(Cl)C=CC(c4ccccc4F)=CC3)CC2)CC1. The lowest BCUT2D eigenvalue weighted by Crippen LogP contribution is -2.34. The number of hydrogen-bond acceptors (Lipinski definition) is 0. The molecular weight excluding hydrogens is 439 g/mol. The first-order valence-electron chi connectivity index (χ1n) is 14.4. The first-order valence-corrected chi connectivity index (χ1v) is 14.8. The van der Waals surface area contributed by atoms with E-state index in [0.29, 0.717) is 11.5 Å². The maximum absolute atomic E-state index is 14.2. The lowest BCUT2D eigenvalue weighted by Gasteiger charge is -2.39. The van der Waals surface area contributed by atoms with E-state index in [1.54, 1.807) is 6.07 Å². The number of allylic oxidation sites excluding steroid dienone is 4.